The van der Waals surface area contributed by atoms with Gasteiger partial charge in [0.2, 0.25) is 0 Å². The summed E-state index contributed by atoms with van der Waals surface area (Å²) in [5, 5.41) is 8.98. The lowest BCUT2D eigenvalue weighted by atomic mass is 9.96. The van der Waals surface area contributed by atoms with Gasteiger partial charge in [0.25, 0.3) is 0 Å². The largest absolute Gasteiger partial charge is 0.309 e. The molecule has 0 amide bonds. The maximum atomic E-state index is 4.51. The second-order valence-corrected chi connectivity index (χ2v) is 8.09. The van der Waals surface area contributed by atoms with E-state index in [0.29, 0.717) is 0 Å². The Hall–Kier alpha value is -2.83. The van der Waals surface area contributed by atoms with Crippen LogP contribution in [0, 0.1) is 0 Å². The monoisotopic (exact) mass is 445 g/mol. The number of rotatable bonds is 4. The van der Waals surface area contributed by atoms with Crippen LogP contribution in [0.1, 0.15) is 23.0 Å². The van der Waals surface area contributed by atoms with E-state index in [0.717, 1.165) is 41.3 Å². The van der Waals surface area contributed by atoms with Gasteiger partial charge in [-0.1, -0.05) is 60.7 Å². The number of fused-ring (bicyclic) bond motifs is 1. The van der Waals surface area contributed by atoms with E-state index < -0.39 is 0 Å². The third kappa shape index (κ3) is 3.61. The molecule has 29 heavy (non-hydrogen) atoms. The first-order valence-corrected chi connectivity index (χ1v) is 10.5. The number of benzene rings is 2. The van der Waals surface area contributed by atoms with Gasteiger partial charge < -0.3 is 4.57 Å². The lowest BCUT2D eigenvalue weighted by molar-refractivity contribution is 0.176. The molecule has 0 fully saturated rings. The molecule has 144 valence electrons. The highest BCUT2D eigenvalue weighted by atomic mass is 79.9. The summed E-state index contributed by atoms with van der Waals surface area (Å²) < 4.78 is 3.16. The third-order valence-electron chi connectivity index (χ3n) is 5.34. The van der Waals surface area contributed by atoms with Gasteiger partial charge in [-0.2, -0.15) is 0 Å². The van der Waals surface area contributed by atoms with Gasteiger partial charge in [-0.3, -0.25) is 9.88 Å². The minimum absolute atomic E-state index is 0.193. The molecule has 0 N–H and O–H groups in total. The van der Waals surface area contributed by atoms with Crippen LogP contribution in [0.15, 0.2) is 83.6 Å². The summed E-state index contributed by atoms with van der Waals surface area (Å²) in [7, 11) is 0. The second-order valence-electron chi connectivity index (χ2n) is 7.18. The number of pyridine rings is 1. The predicted octanol–water partition coefficient (Wildman–Crippen LogP) is 4.71. The molecule has 5 nitrogen and oxygen atoms in total. The van der Waals surface area contributed by atoms with Gasteiger partial charge in [-0.15, -0.1) is 10.2 Å². The van der Waals surface area contributed by atoms with E-state index in [1.165, 1.54) is 11.1 Å². The molecule has 0 aliphatic carbocycles. The molecule has 0 radical (unpaired) electrons. The molecular weight excluding hydrogens is 426 g/mol. The molecule has 3 heterocycles. The van der Waals surface area contributed by atoms with E-state index in [-0.39, 0.29) is 6.04 Å². The summed E-state index contributed by atoms with van der Waals surface area (Å²) >= 11 is 3.50. The summed E-state index contributed by atoms with van der Waals surface area (Å²) in [6, 6.07) is 23.6. The van der Waals surface area contributed by atoms with Gasteiger partial charge >= 0.3 is 0 Å². The third-order valence-corrected chi connectivity index (χ3v) is 5.78. The molecule has 5 rings (SSSR count). The van der Waals surface area contributed by atoms with Crippen LogP contribution in [0.2, 0.25) is 0 Å². The first kappa shape index (κ1) is 18.2. The molecule has 0 atom stereocenters. The standard InChI is InChI=1S/C23H20BrN5/c24-20-13-19(14-25-15-20)23-27-26-21-16-28(11-12-29(21)23)22(17-7-3-1-4-8-17)18-9-5-2-6-10-18/h1-10,13-15,22H,11-12,16H2. The SMILES string of the molecule is Brc1cncc(-c2nnc3n2CCN(C(c2ccccc2)c2ccccc2)C3)c1. The van der Waals surface area contributed by atoms with Gasteiger partial charge in [-0.25, -0.2) is 0 Å². The van der Waals surface area contributed by atoms with Crippen molar-refractivity contribution >= 4 is 15.9 Å². The van der Waals surface area contributed by atoms with Crippen LogP contribution >= 0.6 is 15.9 Å². The zero-order valence-corrected chi connectivity index (χ0v) is 17.4. The fourth-order valence-electron chi connectivity index (χ4n) is 4.03. The molecule has 2 aromatic carbocycles. The maximum Gasteiger partial charge on any atom is 0.165 e. The number of hydrogen-bond acceptors (Lipinski definition) is 4. The molecule has 4 aromatic rings. The molecule has 0 saturated heterocycles. The van der Waals surface area contributed by atoms with Gasteiger partial charge in [0.15, 0.2) is 5.82 Å². The highest BCUT2D eigenvalue weighted by Crippen LogP contribution is 2.32. The Morgan fingerprint density at radius 3 is 2.17 bits per heavy atom. The fourth-order valence-corrected chi connectivity index (χ4v) is 4.39. The summed E-state index contributed by atoms with van der Waals surface area (Å²) in [5.74, 6) is 1.87. The van der Waals surface area contributed by atoms with Gasteiger partial charge in [-0.05, 0) is 33.1 Å². The molecule has 1 aliphatic rings. The second kappa shape index (κ2) is 7.89. The predicted molar refractivity (Wildman–Crippen MR) is 116 cm³/mol. The first-order chi connectivity index (χ1) is 14.3. The number of hydrogen-bond donors (Lipinski definition) is 0. The van der Waals surface area contributed by atoms with Crippen molar-refractivity contribution < 1.29 is 0 Å². The average Bonchev–Trinajstić information content (AvgIpc) is 3.19. The fraction of sp³-hybridized carbons (Fsp3) is 0.174. The van der Waals surface area contributed by atoms with Crippen molar-refractivity contribution in [1.82, 2.24) is 24.6 Å². The molecule has 1 aliphatic heterocycles. The van der Waals surface area contributed by atoms with E-state index in [1.54, 1.807) is 6.20 Å². The van der Waals surface area contributed by atoms with Crippen molar-refractivity contribution in [2.24, 2.45) is 0 Å². The van der Waals surface area contributed by atoms with Crippen molar-refractivity contribution in [3.63, 3.8) is 0 Å². The highest BCUT2D eigenvalue weighted by molar-refractivity contribution is 9.10. The molecule has 0 spiro atoms. The molecular formula is C23H20BrN5. The number of halogens is 1. The van der Waals surface area contributed by atoms with Crippen LogP contribution in [0.4, 0.5) is 0 Å². The number of nitrogens with zero attached hydrogens (tertiary/aromatic N) is 5. The lowest BCUT2D eigenvalue weighted by Gasteiger charge is -2.35. The first-order valence-electron chi connectivity index (χ1n) is 9.66. The molecule has 0 saturated carbocycles. The quantitative estimate of drug-likeness (QED) is 0.456. The average molecular weight is 446 g/mol. The minimum Gasteiger partial charge on any atom is -0.309 e. The Kier molecular flexibility index (Phi) is 4.96. The van der Waals surface area contributed by atoms with Gasteiger partial charge in [0.05, 0.1) is 12.6 Å². The Labute approximate surface area is 178 Å². The van der Waals surface area contributed by atoms with Gasteiger partial charge in [0.1, 0.15) is 5.82 Å². The van der Waals surface area contributed by atoms with Crippen molar-refractivity contribution in [3.05, 3.63) is 101 Å². The summed E-state index contributed by atoms with van der Waals surface area (Å²) in [5.41, 5.74) is 3.57. The van der Waals surface area contributed by atoms with E-state index in [4.69, 9.17) is 0 Å². The molecule has 0 bridgehead atoms. The summed E-state index contributed by atoms with van der Waals surface area (Å²) in [6.07, 6.45) is 3.62. The van der Waals surface area contributed by atoms with Crippen LogP contribution in [-0.2, 0) is 13.1 Å². The Morgan fingerprint density at radius 1 is 0.828 bits per heavy atom. The van der Waals surface area contributed by atoms with Crippen LogP contribution in [0.5, 0.6) is 0 Å². The van der Waals surface area contributed by atoms with E-state index in [1.807, 2.05) is 12.3 Å². The molecule has 6 heteroatoms. The van der Waals surface area contributed by atoms with Crippen molar-refractivity contribution in [3.8, 4) is 11.4 Å². The molecule has 0 unspecified atom stereocenters. The smallest absolute Gasteiger partial charge is 0.165 e. The van der Waals surface area contributed by atoms with Crippen LogP contribution in [0.25, 0.3) is 11.4 Å². The van der Waals surface area contributed by atoms with Crippen LogP contribution < -0.4 is 0 Å². The molecule has 2 aromatic heterocycles. The Morgan fingerprint density at radius 2 is 1.52 bits per heavy atom. The topological polar surface area (TPSA) is 46.8 Å². The Balaban J connectivity index is 1.49. The van der Waals surface area contributed by atoms with Gasteiger partial charge in [0, 0.05) is 35.5 Å². The normalized spacial score (nSPS) is 14.1. The zero-order valence-electron chi connectivity index (χ0n) is 15.8. The van der Waals surface area contributed by atoms with Crippen molar-refractivity contribution in [1.29, 1.82) is 0 Å². The number of aromatic nitrogens is 4. The lowest BCUT2D eigenvalue weighted by Crippen LogP contribution is -2.37. The van der Waals surface area contributed by atoms with Crippen LogP contribution in [0.3, 0.4) is 0 Å². The zero-order chi connectivity index (χ0) is 19.6. The Bertz CT molecular complexity index is 1070. The van der Waals surface area contributed by atoms with Crippen molar-refractivity contribution in [2.45, 2.75) is 19.1 Å². The van der Waals surface area contributed by atoms with E-state index in [2.05, 4.69) is 101 Å². The van der Waals surface area contributed by atoms with Crippen molar-refractivity contribution in [2.75, 3.05) is 6.54 Å². The van der Waals surface area contributed by atoms with Crippen LogP contribution in [-0.4, -0.2) is 31.2 Å². The maximum absolute atomic E-state index is 4.51. The summed E-state index contributed by atoms with van der Waals surface area (Å²) in [4.78, 5) is 6.76. The van der Waals surface area contributed by atoms with E-state index >= 15 is 0 Å². The minimum atomic E-state index is 0.193. The highest BCUT2D eigenvalue weighted by Gasteiger charge is 2.28. The van der Waals surface area contributed by atoms with E-state index in [9.17, 15) is 0 Å². The summed E-state index contributed by atoms with van der Waals surface area (Å²) in [6.45, 7) is 2.52.